The van der Waals surface area contributed by atoms with Crippen molar-refractivity contribution in [3.8, 4) is 11.5 Å². The molecule has 1 aromatic heterocycles. The molecule has 23 heavy (non-hydrogen) atoms. The number of methoxy groups -OCH3 is 2. The van der Waals surface area contributed by atoms with Crippen molar-refractivity contribution in [3.63, 3.8) is 0 Å². The van der Waals surface area contributed by atoms with E-state index in [0.29, 0.717) is 22.3 Å². The smallest absolute Gasteiger partial charge is 0.227 e. The quantitative estimate of drug-likeness (QED) is 0.903. The summed E-state index contributed by atoms with van der Waals surface area (Å²) in [5.74, 6) is 2.64. The van der Waals surface area contributed by atoms with Gasteiger partial charge >= 0.3 is 0 Å². The van der Waals surface area contributed by atoms with Crippen LogP contribution in [0.5, 0.6) is 11.5 Å². The number of hydrogen-bond donors (Lipinski definition) is 1. The Hall–Kier alpha value is -2.21. The lowest BCUT2D eigenvalue weighted by Gasteiger charge is -2.17. The summed E-state index contributed by atoms with van der Waals surface area (Å²) in [7, 11) is 3.17. The second-order valence-electron chi connectivity index (χ2n) is 5.25. The summed E-state index contributed by atoms with van der Waals surface area (Å²) in [6.45, 7) is 2.00. The zero-order valence-corrected chi connectivity index (χ0v) is 13.9. The van der Waals surface area contributed by atoms with Gasteiger partial charge in [0, 0.05) is 31.4 Å². The average molecular weight is 335 g/mol. The third-order valence-corrected chi connectivity index (χ3v) is 4.06. The predicted molar refractivity (Wildman–Crippen MR) is 91.3 cm³/mol. The summed E-state index contributed by atoms with van der Waals surface area (Å²) in [6, 6.07) is 5.32. The Morgan fingerprint density at radius 3 is 2.57 bits per heavy atom. The molecular formula is C16H19ClN4O2. The van der Waals surface area contributed by atoms with Crippen molar-refractivity contribution in [2.45, 2.75) is 12.8 Å². The molecule has 1 saturated heterocycles. The zero-order valence-electron chi connectivity index (χ0n) is 13.2. The normalized spacial score (nSPS) is 14.0. The maximum Gasteiger partial charge on any atom is 0.227 e. The van der Waals surface area contributed by atoms with Crippen molar-refractivity contribution in [3.05, 3.63) is 29.4 Å². The van der Waals surface area contributed by atoms with Gasteiger partial charge in [0.05, 0.1) is 24.9 Å². The first-order valence-electron chi connectivity index (χ1n) is 7.48. The van der Waals surface area contributed by atoms with E-state index in [1.54, 1.807) is 32.5 Å². The Morgan fingerprint density at radius 2 is 1.87 bits per heavy atom. The molecule has 0 saturated carbocycles. The fraction of sp³-hybridized carbons (Fsp3) is 0.375. The highest BCUT2D eigenvalue weighted by Gasteiger charge is 2.16. The van der Waals surface area contributed by atoms with Gasteiger partial charge in [0.15, 0.2) is 0 Å². The molecule has 6 nitrogen and oxygen atoms in total. The summed E-state index contributed by atoms with van der Waals surface area (Å²) in [5.41, 5.74) is 0.736. The first-order chi connectivity index (χ1) is 11.2. The van der Waals surface area contributed by atoms with Crippen LogP contribution in [0.15, 0.2) is 24.4 Å². The largest absolute Gasteiger partial charge is 0.495 e. The van der Waals surface area contributed by atoms with Gasteiger partial charge in [0.25, 0.3) is 0 Å². The summed E-state index contributed by atoms with van der Waals surface area (Å²) in [6.07, 6.45) is 4.12. The number of nitrogens with zero attached hydrogens (tertiary/aromatic N) is 3. The van der Waals surface area contributed by atoms with Crippen LogP contribution in [-0.2, 0) is 0 Å². The highest BCUT2D eigenvalue weighted by Crippen LogP contribution is 2.37. The molecule has 1 fully saturated rings. The highest BCUT2D eigenvalue weighted by molar-refractivity contribution is 6.32. The van der Waals surface area contributed by atoms with Crippen LogP contribution in [0.3, 0.4) is 0 Å². The molecule has 0 amide bonds. The van der Waals surface area contributed by atoms with Crippen LogP contribution in [0.1, 0.15) is 12.8 Å². The van der Waals surface area contributed by atoms with E-state index >= 15 is 0 Å². The van der Waals surface area contributed by atoms with Gasteiger partial charge in [-0.05, 0) is 18.9 Å². The minimum atomic E-state index is 0.496. The Morgan fingerprint density at radius 1 is 1.13 bits per heavy atom. The molecule has 3 rings (SSSR count). The summed E-state index contributed by atoms with van der Waals surface area (Å²) < 4.78 is 10.6. The number of rotatable bonds is 5. The van der Waals surface area contributed by atoms with Gasteiger partial charge in [-0.25, -0.2) is 4.98 Å². The zero-order chi connectivity index (χ0) is 16.2. The number of nitrogens with one attached hydrogen (secondary N) is 1. The molecule has 2 heterocycles. The molecule has 0 atom stereocenters. The SMILES string of the molecule is COc1cc(Nc2ccnc(N3CCCC3)n2)c(OC)cc1Cl. The minimum Gasteiger partial charge on any atom is -0.495 e. The van der Waals surface area contributed by atoms with Gasteiger partial charge in [-0.3, -0.25) is 0 Å². The summed E-state index contributed by atoms with van der Waals surface area (Å²) in [5, 5.41) is 3.74. The molecule has 2 aromatic rings. The van der Waals surface area contributed by atoms with Gasteiger partial charge < -0.3 is 19.7 Å². The fourth-order valence-corrected chi connectivity index (χ4v) is 2.81. The van der Waals surface area contributed by atoms with Crippen LogP contribution in [0, 0.1) is 0 Å². The van der Waals surface area contributed by atoms with Crippen LogP contribution in [0.4, 0.5) is 17.5 Å². The number of halogens is 1. The maximum atomic E-state index is 6.13. The number of aromatic nitrogens is 2. The van der Waals surface area contributed by atoms with E-state index < -0.39 is 0 Å². The second-order valence-corrected chi connectivity index (χ2v) is 5.66. The Labute approximate surface area is 140 Å². The lowest BCUT2D eigenvalue weighted by Crippen LogP contribution is -2.20. The van der Waals surface area contributed by atoms with E-state index in [1.165, 1.54) is 12.8 Å². The van der Waals surface area contributed by atoms with Crippen molar-refractivity contribution in [1.82, 2.24) is 9.97 Å². The van der Waals surface area contributed by atoms with E-state index in [-0.39, 0.29) is 0 Å². The first kappa shape index (κ1) is 15.7. The molecule has 0 bridgehead atoms. The molecule has 0 radical (unpaired) electrons. The van der Waals surface area contributed by atoms with Crippen LogP contribution in [0.25, 0.3) is 0 Å². The van der Waals surface area contributed by atoms with E-state index in [0.717, 1.165) is 24.7 Å². The average Bonchev–Trinajstić information content (AvgIpc) is 3.11. The van der Waals surface area contributed by atoms with Crippen LogP contribution >= 0.6 is 11.6 Å². The lowest BCUT2D eigenvalue weighted by molar-refractivity contribution is 0.405. The van der Waals surface area contributed by atoms with E-state index in [9.17, 15) is 0 Å². The second kappa shape index (κ2) is 6.91. The van der Waals surface area contributed by atoms with Gasteiger partial charge in [0.1, 0.15) is 17.3 Å². The van der Waals surface area contributed by atoms with Crippen LogP contribution in [0.2, 0.25) is 5.02 Å². The van der Waals surface area contributed by atoms with E-state index in [2.05, 4.69) is 20.2 Å². The third-order valence-electron chi connectivity index (χ3n) is 3.77. The molecule has 1 aromatic carbocycles. The highest BCUT2D eigenvalue weighted by atomic mass is 35.5. The summed E-state index contributed by atoms with van der Waals surface area (Å²) in [4.78, 5) is 11.1. The fourth-order valence-electron chi connectivity index (χ4n) is 2.58. The van der Waals surface area contributed by atoms with Crippen molar-refractivity contribution in [2.75, 3.05) is 37.5 Å². The molecule has 1 N–H and O–H groups in total. The van der Waals surface area contributed by atoms with Gasteiger partial charge in [-0.1, -0.05) is 11.6 Å². The molecule has 7 heteroatoms. The lowest BCUT2D eigenvalue weighted by atomic mass is 10.2. The van der Waals surface area contributed by atoms with Crippen molar-refractivity contribution in [2.24, 2.45) is 0 Å². The van der Waals surface area contributed by atoms with Crippen LogP contribution in [-0.4, -0.2) is 37.3 Å². The van der Waals surface area contributed by atoms with Gasteiger partial charge in [-0.2, -0.15) is 4.98 Å². The molecule has 0 spiro atoms. The predicted octanol–water partition coefficient (Wildman–Crippen LogP) is 3.49. The van der Waals surface area contributed by atoms with E-state index in [1.807, 2.05) is 6.07 Å². The number of anilines is 3. The Kier molecular flexibility index (Phi) is 4.71. The molecular weight excluding hydrogens is 316 g/mol. The maximum absolute atomic E-state index is 6.13. The third kappa shape index (κ3) is 3.42. The first-order valence-corrected chi connectivity index (χ1v) is 7.85. The van der Waals surface area contributed by atoms with Crippen molar-refractivity contribution < 1.29 is 9.47 Å². The van der Waals surface area contributed by atoms with Crippen LogP contribution < -0.4 is 19.7 Å². The Bertz CT molecular complexity index is 690. The molecule has 122 valence electrons. The van der Waals surface area contributed by atoms with Crippen molar-refractivity contribution >= 4 is 29.1 Å². The van der Waals surface area contributed by atoms with E-state index in [4.69, 9.17) is 21.1 Å². The minimum absolute atomic E-state index is 0.496. The molecule has 0 aliphatic carbocycles. The Balaban J connectivity index is 1.88. The van der Waals surface area contributed by atoms with Gasteiger partial charge in [0.2, 0.25) is 5.95 Å². The standard InChI is InChI=1S/C16H19ClN4O2/c1-22-13-10-12(14(23-2)9-11(13)17)19-15-5-6-18-16(20-15)21-7-3-4-8-21/h5-6,9-10H,3-4,7-8H2,1-2H3,(H,18,19,20). The number of hydrogen-bond acceptors (Lipinski definition) is 6. The molecule has 1 aliphatic heterocycles. The molecule has 0 unspecified atom stereocenters. The molecule has 1 aliphatic rings. The summed E-state index contributed by atoms with van der Waals surface area (Å²) >= 11 is 6.13. The topological polar surface area (TPSA) is 59.5 Å². The van der Waals surface area contributed by atoms with Gasteiger partial charge in [-0.15, -0.1) is 0 Å². The number of benzene rings is 1. The number of ether oxygens (including phenoxy) is 2. The monoisotopic (exact) mass is 334 g/mol. The van der Waals surface area contributed by atoms with Crippen molar-refractivity contribution in [1.29, 1.82) is 0 Å².